The fourth-order valence-electron chi connectivity index (χ4n) is 2.79. The van der Waals surface area contributed by atoms with Crippen molar-refractivity contribution in [2.45, 2.75) is 45.1 Å². The number of rotatable bonds is 7. The number of aromatic nitrogens is 1. The van der Waals surface area contributed by atoms with Gasteiger partial charge in [0.1, 0.15) is 6.17 Å². The monoisotopic (exact) mass is 360 g/mol. The SMILES string of the molecule is CSCC(C)NC(=O)NC[C@@H]1C[C@H](F)CN1Cc1csc(C)n1. The van der Waals surface area contributed by atoms with Crippen LogP contribution < -0.4 is 10.6 Å². The van der Waals surface area contributed by atoms with Gasteiger partial charge in [-0.1, -0.05) is 0 Å². The van der Waals surface area contributed by atoms with Crippen LogP contribution in [0.15, 0.2) is 5.38 Å². The minimum Gasteiger partial charge on any atom is -0.337 e. The van der Waals surface area contributed by atoms with Crippen LogP contribution in [0.1, 0.15) is 24.0 Å². The van der Waals surface area contributed by atoms with E-state index in [-0.39, 0.29) is 18.1 Å². The molecule has 0 aromatic carbocycles. The van der Waals surface area contributed by atoms with Crippen LogP contribution in [0.4, 0.5) is 9.18 Å². The molecule has 2 N–H and O–H groups in total. The number of thioether (sulfide) groups is 1. The molecule has 1 saturated heterocycles. The average molecular weight is 361 g/mol. The summed E-state index contributed by atoms with van der Waals surface area (Å²) in [7, 11) is 0. The van der Waals surface area contributed by atoms with Crippen molar-refractivity contribution in [3.8, 4) is 0 Å². The zero-order valence-corrected chi connectivity index (χ0v) is 15.5. The molecule has 0 saturated carbocycles. The smallest absolute Gasteiger partial charge is 0.315 e. The number of nitrogens with one attached hydrogen (secondary N) is 2. The van der Waals surface area contributed by atoms with Crippen LogP contribution in [0, 0.1) is 6.92 Å². The van der Waals surface area contributed by atoms with E-state index in [4.69, 9.17) is 0 Å². The molecule has 2 rings (SSSR count). The molecule has 130 valence electrons. The Balaban J connectivity index is 1.81. The second-order valence-electron chi connectivity index (χ2n) is 5.98. The Bertz CT molecular complexity index is 513. The number of hydrogen-bond acceptors (Lipinski definition) is 5. The molecule has 1 aromatic heterocycles. The summed E-state index contributed by atoms with van der Waals surface area (Å²) >= 11 is 3.30. The van der Waals surface area contributed by atoms with Gasteiger partial charge < -0.3 is 10.6 Å². The Labute approximate surface area is 145 Å². The molecule has 5 nitrogen and oxygen atoms in total. The van der Waals surface area contributed by atoms with Crippen LogP contribution >= 0.6 is 23.1 Å². The number of thiazole rings is 1. The van der Waals surface area contributed by atoms with Gasteiger partial charge in [-0.05, 0) is 26.5 Å². The van der Waals surface area contributed by atoms with E-state index in [1.807, 2.05) is 25.5 Å². The summed E-state index contributed by atoms with van der Waals surface area (Å²) in [6.45, 7) is 5.45. The molecule has 1 aliphatic rings. The van der Waals surface area contributed by atoms with E-state index in [0.29, 0.717) is 26.1 Å². The molecule has 0 radical (unpaired) electrons. The van der Waals surface area contributed by atoms with Gasteiger partial charge in [0, 0.05) is 42.9 Å². The number of aryl methyl sites for hydroxylation is 1. The minimum atomic E-state index is -0.833. The molecule has 1 aromatic rings. The number of urea groups is 1. The largest absolute Gasteiger partial charge is 0.337 e. The van der Waals surface area contributed by atoms with E-state index in [1.54, 1.807) is 23.1 Å². The van der Waals surface area contributed by atoms with Crippen LogP contribution in [-0.2, 0) is 6.54 Å². The van der Waals surface area contributed by atoms with Gasteiger partial charge in [-0.25, -0.2) is 14.2 Å². The number of alkyl halides is 1. The fraction of sp³-hybridized carbons (Fsp3) is 0.733. The van der Waals surface area contributed by atoms with E-state index in [9.17, 15) is 9.18 Å². The maximum atomic E-state index is 13.8. The summed E-state index contributed by atoms with van der Waals surface area (Å²) in [6, 6.07) is -0.0384. The van der Waals surface area contributed by atoms with Crippen LogP contribution in [0.5, 0.6) is 0 Å². The van der Waals surface area contributed by atoms with E-state index < -0.39 is 6.17 Å². The third kappa shape index (κ3) is 5.93. The minimum absolute atomic E-state index is 0.0219. The Morgan fingerprint density at radius 3 is 3.09 bits per heavy atom. The lowest BCUT2D eigenvalue weighted by atomic mass is 10.2. The number of hydrogen-bond donors (Lipinski definition) is 2. The molecule has 2 heterocycles. The van der Waals surface area contributed by atoms with E-state index >= 15 is 0 Å². The van der Waals surface area contributed by atoms with Gasteiger partial charge >= 0.3 is 6.03 Å². The van der Waals surface area contributed by atoms with Crippen molar-refractivity contribution in [3.05, 3.63) is 16.1 Å². The number of halogens is 1. The summed E-state index contributed by atoms with van der Waals surface area (Å²) < 4.78 is 13.8. The summed E-state index contributed by atoms with van der Waals surface area (Å²) in [4.78, 5) is 18.4. The van der Waals surface area contributed by atoms with Gasteiger partial charge in [-0.15, -0.1) is 11.3 Å². The first-order valence-corrected chi connectivity index (χ1v) is 10.1. The molecule has 3 atom stereocenters. The first-order chi connectivity index (χ1) is 11.0. The Morgan fingerprint density at radius 1 is 1.65 bits per heavy atom. The maximum Gasteiger partial charge on any atom is 0.315 e. The summed E-state index contributed by atoms with van der Waals surface area (Å²) in [5.74, 6) is 0.874. The Hall–Kier alpha value is -0.860. The standard InChI is InChI=1S/C15H25FN4OS2/c1-10(8-22-3)18-15(21)17-5-14-4-12(16)6-20(14)7-13-9-23-11(2)19-13/h9-10,12,14H,4-8H2,1-3H3,(H2,17,18,21)/t10?,12-,14-/m0/s1. The van der Waals surface area contributed by atoms with Gasteiger partial charge in [0.2, 0.25) is 0 Å². The molecule has 0 bridgehead atoms. The van der Waals surface area contributed by atoms with Gasteiger partial charge in [-0.3, -0.25) is 4.90 Å². The lowest BCUT2D eigenvalue weighted by molar-refractivity contribution is 0.217. The number of amides is 2. The first-order valence-electron chi connectivity index (χ1n) is 7.80. The number of carbonyl (C=O) groups excluding carboxylic acids is 1. The normalized spacial score (nSPS) is 23.0. The third-order valence-corrected chi connectivity index (χ3v) is 5.46. The molecule has 1 unspecified atom stereocenters. The molecule has 0 spiro atoms. The quantitative estimate of drug-likeness (QED) is 0.784. The zero-order chi connectivity index (χ0) is 16.8. The highest BCUT2D eigenvalue weighted by atomic mass is 32.2. The lowest BCUT2D eigenvalue weighted by Gasteiger charge is -2.24. The Morgan fingerprint density at radius 2 is 2.43 bits per heavy atom. The molecule has 8 heteroatoms. The van der Waals surface area contributed by atoms with Gasteiger partial charge in [-0.2, -0.15) is 11.8 Å². The van der Waals surface area contributed by atoms with Crippen molar-refractivity contribution in [1.82, 2.24) is 20.5 Å². The average Bonchev–Trinajstić information content (AvgIpc) is 3.03. The number of carbonyl (C=O) groups is 1. The number of likely N-dealkylation sites (tertiary alicyclic amines) is 1. The van der Waals surface area contributed by atoms with Crippen molar-refractivity contribution < 1.29 is 9.18 Å². The third-order valence-electron chi connectivity index (χ3n) is 3.80. The molecular formula is C15H25FN4OS2. The van der Waals surface area contributed by atoms with Crippen LogP contribution in [-0.4, -0.2) is 59.3 Å². The van der Waals surface area contributed by atoms with Crippen molar-refractivity contribution in [2.75, 3.05) is 25.1 Å². The lowest BCUT2D eigenvalue weighted by Crippen LogP contribution is -2.46. The molecule has 2 amide bonds. The topological polar surface area (TPSA) is 57.3 Å². The highest BCUT2D eigenvalue weighted by molar-refractivity contribution is 7.98. The van der Waals surface area contributed by atoms with Crippen molar-refractivity contribution in [1.29, 1.82) is 0 Å². The van der Waals surface area contributed by atoms with Crippen LogP contribution in [0.25, 0.3) is 0 Å². The second-order valence-corrected chi connectivity index (χ2v) is 7.96. The summed E-state index contributed by atoms with van der Waals surface area (Å²) in [5.41, 5.74) is 0.977. The van der Waals surface area contributed by atoms with Crippen LogP contribution in [0.3, 0.4) is 0 Å². The van der Waals surface area contributed by atoms with E-state index in [2.05, 4.69) is 20.5 Å². The summed E-state index contributed by atoms with van der Waals surface area (Å²) in [6.07, 6.45) is 1.64. The molecule has 0 aliphatic carbocycles. The molecule has 1 aliphatic heterocycles. The predicted molar refractivity (Wildman–Crippen MR) is 94.9 cm³/mol. The van der Waals surface area contributed by atoms with E-state index in [1.165, 1.54) is 0 Å². The fourth-order valence-corrected chi connectivity index (χ4v) is 3.98. The molecular weight excluding hydrogens is 335 g/mol. The Kier molecular flexibility index (Phi) is 7.10. The zero-order valence-electron chi connectivity index (χ0n) is 13.8. The molecule has 1 fully saturated rings. The molecule has 23 heavy (non-hydrogen) atoms. The van der Waals surface area contributed by atoms with Crippen molar-refractivity contribution >= 4 is 29.1 Å². The highest BCUT2D eigenvalue weighted by Gasteiger charge is 2.32. The van der Waals surface area contributed by atoms with Gasteiger partial charge in [0.05, 0.1) is 10.7 Å². The summed E-state index contributed by atoms with van der Waals surface area (Å²) in [5, 5.41) is 8.80. The first kappa shape index (κ1) is 18.5. The van der Waals surface area contributed by atoms with Crippen LogP contribution in [0.2, 0.25) is 0 Å². The number of nitrogens with zero attached hydrogens (tertiary/aromatic N) is 2. The second kappa shape index (κ2) is 8.84. The van der Waals surface area contributed by atoms with Crippen molar-refractivity contribution in [3.63, 3.8) is 0 Å². The maximum absolute atomic E-state index is 13.8. The van der Waals surface area contributed by atoms with Gasteiger partial charge in [0.15, 0.2) is 0 Å². The van der Waals surface area contributed by atoms with E-state index in [0.717, 1.165) is 16.5 Å². The predicted octanol–water partition coefficient (Wildman–Crippen LogP) is 2.41. The van der Waals surface area contributed by atoms with Gasteiger partial charge in [0.25, 0.3) is 0 Å². The van der Waals surface area contributed by atoms with Crippen molar-refractivity contribution in [2.24, 2.45) is 0 Å². The highest BCUT2D eigenvalue weighted by Crippen LogP contribution is 2.22.